The molecule has 136 valence electrons. The lowest BCUT2D eigenvalue weighted by molar-refractivity contribution is -0.0446. The molecule has 6 nitrogen and oxygen atoms in total. The van der Waals surface area contributed by atoms with E-state index < -0.39 is 11.6 Å². The maximum atomic E-state index is 13.1. The molecular formula is C20H16ClN3O3. The van der Waals surface area contributed by atoms with Crippen molar-refractivity contribution in [1.29, 1.82) is 0 Å². The highest BCUT2D eigenvalue weighted by molar-refractivity contribution is 6.31. The summed E-state index contributed by atoms with van der Waals surface area (Å²) in [5.41, 5.74) is -0.262. The number of carbonyl (C=O) groups excluding carboxylic acids is 1. The molecule has 1 aliphatic rings. The topological polar surface area (TPSA) is 77.2 Å². The summed E-state index contributed by atoms with van der Waals surface area (Å²) in [5.74, 6) is -0.759. The predicted molar refractivity (Wildman–Crippen MR) is 101 cm³/mol. The third-order valence-corrected chi connectivity index (χ3v) is 4.74. The van der Waals surface area contributed by atoms with E-state index in [-0.39, 0.29) is 5.78 Å². The minimum absolute atomic E-state index is 0.250. The van der Waals surface area contributed by atoms with E-state index in [9.17, 15) is 9.90 Å². The fraction of sp³-hybridized carbons (Fsp3) is 0.150. The lowest BCUT2D eigenvalue weighted by atomic mass is 9.84. The second-order valence-corrected chi connectivity index (χ2v) is 6.66. The number of methoxy groups -OCH3 is 1. The minimum atomic E-state index is -1.82. The Morgan fingerprint density at radius 1 is 1.19 bits per heavy atom. The van der Waals surface area contributed by atoms with Crippen LogP contribution in [-0.4, -0.2) is 33.0 Å². The van der Waals surface area contributed by atoms with Crippen molar-refractivity contribution in [2.24, 2.45) is 5.92 Å². The number of hydrogen-bond donors (Lipinski definition) is 1. The predicted octanol–water partition coefficient (Wildman–Crippen LogP) is 3.33. The van der Waals surface area contributed by atoms with Crippen LogP contribution in [0.4, 0.5) is 0 Å². The van der Waals surface area contributed by atoms with Crippen LogP contribution in [0.3, 0.4) is 0 Å². The largest absolute Gasteiger partial charge is 0.497 e. The number of benzene rings is 2. The smallest absolute Gasteiger partial charge is 0.213 e. The molecule has 7 heteroatoms. The molecule has 0 bridgehead atoms. The van der Waals surface area contributed by atoms with Gasteiger partial charge in [-0.15, -0.1) is 4.80 Å². The van der Waals surface area contributed by atoms with Gasteiger partial charge in [0, 0.05) is 16.7 Å². The van der Waals surface area contributed by atoms with Gasteiger partial charge in [0.2, 0.25) is 5.72 Å². The van der Waals surface area contributed by atoms with E-state index in [0.717, 1.165) is 4.80 Å². The molecule has 0 saturated heterocycles. The van der Waals surface area contributed by atoms with Gasteiger partial charge < -0.3 is 9.84 Å². The normalized spacial score (nSPS) is 21.9. The number of allylic oxidation sites excluding steroid dienone is 1. The number of aromatic nitrogens is 3. The number of hydrogen-bond acceptors (Lipinski definition) is 5. The third-order valence-electron chi connectivity index (χ3n) is 4.50. The Morgan fingerprint density at radius 2 is 1.93 bits per heavy atom. The molecule has 4 rings (SSSR count). The van der Waals surface area contributed by atoms with Crippen molar-refractivity contribution >= 4 is 28.4 Å². The number of Topliss-reactive ketones (excluding diaryl/α,β-unsaturated/α-hetero) is 1. The summed E-state index contributed by atoms with van der Waals surface area (Å²) in [5, 5.41) is 20.7. The van der Waals surface area contributed by atoms with Gasteiger partial charge in [0.1, 0.15) is 16.8 Å². The summed E-state index contributed by atoms with van der Waals surface area (Å²) >= 11 is 6.02. The van der Waals surface area contributed by atoms with E-state index in [4.69, 9.17) is 16.3 Å². The molecule has 0 saturated carbocycles. The molecular weight excluding hydrogens is 366 g/mol. The molecule has 27 heavy (non-hydrogen) atoms. The molecule has 1 aliphatic carbocycles. The minimum Gasteiger partial charge on any atom is -0.497 e. The van der Waals surface area contributed by atoms with Gasteiger partial charge >= 0.3 is 0 Å². The zero-order valence-electron chi connectivity index (χ0n) is 14.4. The van der Waals surface area contributed by atoms with Gasteiger partial charge in [0.05, 0.1) is 13.0 Å². The average Bonchev–Trinajstić information content (AvgIpc) is 3.12. The highest BCUT2D eigenvalue weighted by Gasteiger charge is 2.44. The lowest BCUT2D eigenvalue weighted by Crippen LogP contribution is -2.45. The number of rotatable bonds is 4. The van der Waals surface area contributed by atoms with Gasteiger partial charge in [0.25, 0.3) is 0 Å². The quantitative estimate of drug-likeness (QED) is 0.701. The maximum absolute atomic E-state index is 13.1. The summed E-state index contributed by atoms with van der Waals surface area (Å²) in [4.78, 5) is 14.2. The van der Waals surface area contributed by atoms with Crippen LogP contribution < -0.4 is 0 Å². The number of ether oxygens (including phenoxy) is 1. The molecule has 2 aromatic carbocycles. The lowest BCUT2D eigenvalue weighted by Gasteiger charge is -2.32. The van der Waals surface area contributed by atoms with Gasteiger partial charge in [-0.05, 0) is 24.3 Å². The summed E-state index contributed by atoms with van der Waals surface area (Å²) in [6.07, 6.45) is 4.70. The number of fused-ring (bicyclic) bond motifs is 1. The van der Waals surface area contributed by atoms with Crippen molar-refractivity contribution in [3.05, 3.63) is 83.1 Å². The van der Waals surface area contributed by atoms with Crippen LogP contribution in [0, 0.1) is 5.92 Å². The van der Waals surface area contributed by atoms with E-state index in [1.807, 2.05) is 6.07 Å². The first kappa shape index (κ1) is 17.5. The fourth-order valence-corrected chi connectivity index (χ4v) is 3.27. The summed E-state index contributed by atoms with van der Waals surface area (Å²) < 4.78 is 5.25. The van der Waals surface area contributed by atoms with Crippen LogP contribution in [0.1, 0.15) is 10.4 Å². The number of aliphatic hydroxyl groups is 1. The molecule has 0 amide bonds. The van der Waals surface area contributed by atoms with Gasteiger partial charge in [-0.3, -0.25) is 4.79 Å². The van der Waals surface area contributed by atoms with Gasteiger partial charge in [-0.2, -0.15) is 10.2 Å². The molecule has 1 heterocycles. The number of carbonyl (C=O) groups is 1. The van der Waals surface area contributed by atoms with Crippen molar-refractivity contribution in [3.8, 4) is 0 Å². The first-order valence-electron chi connectivity index (χ1n) is 8.31. The van der Waals surface area contributed by atoms with Crippen molar-refractivity contribution in [2.45, 2.75) is 5.72 Å². The number of halogens is 1. The maximum Gasteiger partial charge on any atom is 0.213 e. The molecule has 0 spiro atoms. The van der Waals surface area contributed by atoms with Crippen LogP contribution in [0.25, 0.3) is 11.0 Å². The Morgan fingerprint density at radius 3 is 2.67 bits per heavy atom. The fourth-order valence-electron chi connectivity index (χ4n) is 3.10. The second kappa shape index (κ2) is 6.64. The summed E-state index contributed by atoms with van der Waals surface area (Å²) in [6, 6.07) is 13.8. The van der Waals surface area contributed by atoms with E-state index in [1.165, 1.54) is 13.2 Å². The molecule has 0 aliphatic heterocycles. The Balaban J connectivity index is 1.84. The van der Waals surface area contributed by atoms with E-state index in [2.05, 4.69) is 10.2 Å². The van der Waals surface area contributed by atoms with Gasteiger partial charge in [-0.1, -0.05) is 48.0 Å². The van der Waals surface area contributed by atoms with Crippen molar-refractivity contribution < 1.29 is 14.6 Å². The first-order valence-corrected chi connectivity index (χ1v) is 8.69. The Kier molecular flexibility index (Phi) is 4.30. The Bertz CT molecular complexity index is 1070. The van der Waals surface area contributed by atoms with Gasteiger partial charge in [0.15, 0.2) is 5.78 Å². The Hall–Kier alpha value is -2.96. The van der Waals surface area contributed by atoms with Crippen molar-refractivity contribution in [3.63, 3.8) is 0 Å². The molecule has 2 unspecified atom stereocenters. The zero-order chi connectivity index (χ0) is 19.0. The number of nitrogens with zero attached hydrogens (tertiary/aromatic N) is 3. The third kappa shape index (κ3) is 3.03. The molecule has 1 aromatic heterocycles. The average molecular weight is 382 g/mol. The van der Waals surface area contributed by atoms with Crippen LogP contribution in [0.5, 0.6) is 0 Å². The van der Waals surface area contributed by atoms with Crippen LogP contribution in [0.15, 0.2) is 72.5 Å². The molecule has 3 aromatic rings. The summed E-state index contributed by atoms with van der Waals surface area (Å²) in [7, 11) is 1.49. The number of ketones is 1. The van der Waals surface area contributed by atoms with Crippen LogP contribution in [0.2, 0.25) is 5.02 Å². The zero-order valence-corrected chi connectivity index (χ0v) is 15.2. The highest BCUT2D eigenvalue weighted by Crippen LogP contribution is 2.34. The SMILES string of the molecule is COC1=CC(O)(n2nc3ccc(Cl)cc3n2)C(C(=O)c2ccccc2)C=C1. The van der Waals surface area contributed by atoms with Crippen molar-refractivity contribution in [2.75, 3.05) is 7.11 Å². The Labute approximate surface area is 160 Å². The standard InChI is InChI=1S/C20H16ClN3O3/c1-27-15-8-9-16(19(25)13-5-3-2-4-6-13)20(26,12-15)24-22-17-10-7-14(21)11-18(17)23-24/h2-12,16,26H,1H3. The first-order chi connectivity index (χ1) is 13.0. The van der Waals surface area contributed by atoms with E-state index >= 15 is 0 Å². The molecule has 0 fully saturated rings. The molecule has 2 atom stereocenters. The monoisotopic (exact) mass is 381 g/mol. The summed E-state index contributed by atoms with van der Waals surface area (Å²) in [6.45, 7) is 0. The van der Waals surface area contributed by atoms with Gasteiger partial charge in [-0.25, -0.2) is 0 Å². The highest BCUT2D eigenvalue weighted by atomic mass is 35.5. The molecule has 1 N–H and O–H groups in total. The molecule has 0 radical (unpaired) electrons. The van der Waals surface area contributed by atoms with Crippen LogP contribution >= 0.6 is 11.6 Å². The van der Waals surface area contributed by atoms with Crippen molar-refractivity contribution in [1.82, 2.24) is 15.0 Å². The van der Waals surface area contributed by atoms with E-state index in [0.29, 0.717) is 27.4 Å². The van der Waals surface area contributed by atoms with Crippen LogP contribution in [-0.2, 0) is 10.5 Å². The second-order valence-electron chi connectivity index (χ2n) is 6.22. The van der Waals surface area contributed by atoms with E-state index in [1.54, 1.807) is 54.6 Å².